The molecule has 0 unspecified atom stereocenters. The molecule has 2 aromatic rings. The predicted octanol–water partition coefficient (Wildman–Crippen LogP) is 4.83. The molecule has 1 amide bonds. The molecule has 0 spiro atoms. The molecule has 0 atom stereocenters. The van der Waals surface area contributed by atoms with Crippen LogP contribution in [0.4, 0.5) is 23.7 Å². The number of ether oxygens (including phenoxy) is 2. The molecule has 1 N–H and O–H groups in total. The third kappa shape index (κ3) is 4.18. The fraction of sp³-hybridized carbons (Fsp3) is 0.235. The highest BCUT2D eigenvalue weighted by molar-refractivity contribution is 5.85. The second kappa shape index (κ2) is 7.72. The molecule has 0 aromatic heterocycles. The molecule has 128 valence electrons. The van der Waals surface area contributed by atoms with Gasteiger partial charge >= 0.3 is 6.09 Å². The Bertz CT molecular complexity index is 735. The molecule has 0 fully saturated rings. The Labute approximate surface area is 137 Å². The summed E-state index contributed by atoms with van der Waals surface area (Å²) < 4.78 is 50.0. The van der Waals surface area contributed by atoms with Gasteiger partial charge in [-0.3, -0.25) is 5.32 Å². The number of amides is 1. The van der Waals surface area contributed by atoms with Gasteiger partial charge < -0.3 is 9.47 Å². The van der Waals surface area contributed by atoms with Gasteiger partial charge in [0, 0.05) is 5.56 Å². The first kappa shape index (κ1) is 17.7. The number of hydrogen-bond acceptors (Lipinski definition) is 3. The van der Waals surface area contributed by atoms with E-state index in [2.05, 4.69) is 10.1 Å². The Morgan fingerprint density at radius 3 is 2.67 bits per heavy atom. The zero-order chi connectivity index (χ0) is 17.7. The van der Waals surface area contributed by atoms with Crippen LogP contribution in [0.25, 0.3) is 0 Å². The molecule has 0 aliphatic rings. The van der Waals surface area contributed by atoms with Crippen molar-refractivity contribution in [3.63, 3.8) is 0 Å². The number of carbonyl (C=O) groups is 1. The van der Waals surface area contributed by atoms with E-state index in [1.54, 1.807) is 13.0 Å². The van der Waals surface area contributed by atoms with Gasteiger partial charge in [-0.25, -0.2) is 18.0 Å². The maximum atomic E-state index is 14.0. The van der Waals surface area contributed by atoms with Crippen molar-refractivity contribution in [2.45, 2.75) is 20.0 Å². The molecule has 24 heavy (non-hydrogen) atoms. The Balaban J connectivity index is 2.25. The first-order valence-electron chi connectivity index (χ1n) is 7.06. The van der Waals surface area contributed by atoms with Gasteiger partial charge in [0.15, 0.2) is 0 Å². The average Bonchev–Trinajstić information content (AvgIpc) is 2.55. The lowest BCUT2D eigenvalue weighted by atomic mass is 10.1. The number of nitrogens with one attached hydrogen (secondary N) is 1. The van der Waals surface area contributed by atoms with Crippen LogP contribution in [0.3, 0.4) is 0 Å². The highest BCUT2D eigenvalue weighted by Gasteiger charge is 2.17. The van der Waals surface area contributed by atoms with Crippen molar-refractivity contribution in [1.82, 2.24) is 0 Å². The van der Waals surface area contributed by atoms with Crippen LogP contribution in [0.2, 0.25) is 0 Å². The smallest absolute Gasteiger partial charge is 0.411 e. The lowest BCUT2D eigenvalue weighted by Crippen LogP contribution is -2.14. The van der Waals surface area contributed by atoms with Crippen LogP contribution in [-0.2, 0) is 11.3 Å². The molecular weight excluding hydrogens is 323 g/mol. The van der Waals surface area contributed by atoms with E-state index in [9.17, 15) is 18.0 Å². The van der Waals surface area contributed by atoms with Gasteiger partial charge in [0.1, 0.15) is 18.2 Å². The van der Waals surface area contributed by atoms with Gasteiger partial charge in [-0.15, -0.1) is 0 Å². The Kier molecular flexibility index (Phi) is 5.68. The van der Waals surface area contributed by atoms with Crippen LogP contribution in [-0.4, -0.2) is 13.2 Å². The average molecular weight is 339 g/mol. The summed E-state index contributed by atoms with van der Waals surface area (Å²) >= 11 is 0. The number of methoxy groups -OCH3 is 1. The fourth-order valence-corrected chi connectivity index (χ4v) is 2.10. The maximum absolute atomic E-state index is 14.0. The van der Waals surface area contributed by atoms with Crippen molar-refractivity contribution in [2.75, 3.05) is 12.4 Å². The highest BCUT2D eigenvalue weighted by Crippen LogP contribution is 2.31. The Morgan fingerprint density at radius 2 is 2.00 bits per heavy atom. The van der Waals surface area contributed by atoms with Gasteiger partial charge in [-0.1, -0.05) is 17.7 Å². The first-order valence-corrected chi connectivity index (χ1v) is 7.06. The van der Waals surface area contributed by atoms with Gasteiger partial charge in [0.05, 0.1) is 18.4 Å². The van der Waals surface area contributed by atoms with Crippen molar-refractivity contribution in [1.29, 1.82) is 0 Å². The topological polar surface area (TPSA) is 47.6 Å². The summed E-state index contributed by atoms with van der Waals surface area (Å²) in [5.74, 6) is -0.669. The van der Waals surface area contributed by atoms with Crippen molar-refractivity contribution < 1.29 is 27.4 Å². The summed E-state index contributed by atoms with van der Waals surface area (Å²) in [6.45, 7) is 1.36. The molecule has 0 bridgehead atoms. The minimum absolute atomic E-state index is 0.0312. The van der Waals surface area contributed by atoms with Crippen molar-refractivity contribution in [3.8, 4) is 5.75 Å². The van der Waals surface area contributed by atoms with Crippen molar-refractivity contribution in [3.05, 3.63) is 58.9 Å². The molecule has 0 radical (unpaired) electrons. The second-order valence-electron chi connectivity index (χ2n) is 5.01. The molecule has 2 rings (SSSR count). The summed E-state index contributed by atoms with van der Waals surface area (Å²) in [7, 11) is 1.17. The minimum Gasteiger partial charge on any atom is -0.488 e. The number of anilines is 1. The van der Waals surface area contributed by atoms with Gasteiger partial charge in [-0.2, -0.15) is 0 Å². The molecule has 7 heteroatoms. The van der Waals surface area contributed by atoms with Crippen LogP contribution in [0.1, 0.15) is 23.1 Å². The van der Waals surface area contributed by atoms with E-state index in [1.165, 1.54) is 37.4 Å². The largest absolute Gasteiger partial charge is 0.488 e. The van der Waals surface area contributed by atoms with Gasteiger partial charge in [0.2, 0.25) is 0 Å². The van der Waals surface area contributed by atoms with E-state index in [-0.39, 0.29) is 29.2 Å². The van der Waals surface area contributed by atoms with E-state index < -0.39 is 18.3 Å². The van der Waals surface area contributed by atoms with Crippen LogP contribution in [0.5, 0.6) is 5.75 Å². The Morgan fingerprint density at radius 1 is 1.25 bits per heavy atom. The third-order valence-corrected chi connectivity index (χ3v) is 3.31. The van der Waals surface area contributed by atoms with Crippen molar-refractivity contribution in [2.24, 2.45) is 0 Å². The number of alkyl halides is 2. The fourth-order valence-electron chi connectivity index (χ4n) is 2.10. The summed E-state index contributed by atoms with van der Waals surface area (Å²) in [6.07, 6.45) is -3.49. The predicted molar refractivity (Wildman–Crippen MR) is 82.9 cm³/mol. The zero-order valence-electron chi connectivity index (χ0n) is 13.1. The zero-order valence-corrected chi connectivity index (χ0v) is 13.1. The standard InChI is InChI=1S/C17H16F3NO3/c1-10-6-7-15(11(8-10)16(19)20)24-9-12-13(18)4-3-5-14(12)21-17(22)23-2/h3-8,16H,9H2,1-2H3,(H,21,22). The maximum Gasteiger partial charge on any atom is 0.411 e. The number of hydrogen-bond donors (Lipinski definition) is 1. The summed E-state index contributed by atoms with van der Waals surface area (Å²) in [5, 5.41) is 2.35. The van der Waals surface area contributed by atoms with Crippen LogP contribution < -0.4 is 10.1 Å². The number of rotatable bonds is 5. The summed E-state index contributed by atoms with van der Waals surface area (Å²) in [6, 6.07) is 8.39. The lowest BCUT2D eigenvalue weighted by molar-refractivity contribution is 0.144. The minimum atomic E-state index is -2.71. The van der Waals surface area contributed by atoms with Crippen molar-refractivity contribution >= 4 is 11.8 Å². The van der Waals surface area contributed by atoms with E-state index in [1.807, 2.05) is 0 Å². The number of halogens is 3. The van der Waals surface area contributed by atoms with E-state index >= 15 is 0 Å². The number of aryl methyl sites for hydroxylation is 1. The first-order chi connectivity index (χ1) is 11.4. The SMILES string of the molecule is COC(=O)Nc1cccc(F)c1COc1ccc(C)cc1C(F)F. The summed E-state index contributed by atoms with van der Waals surface area (Å²) in [5.41, 5.74) is 0.571. The molecule has 4 nitrogen and oxygen atoms in total. The number of benzene rings is 2. The number of carbonyl (C=O) groups excluding carboxylic acids is 1. The molecule has 0 heterocycles. The van der Waals surface area contributed by atoms with Crippen LogP contribution in [0.15, 0.2) is 36.4 Å². The van der Waals surface area contributed by atoms with Gasteiger partial charge in [-0.05, 0) is 31.2 Å². The monoisotopic (exact) mass is 339 g/mol. The summed E-state index contributed by atoms with van der Waals surface area (Å²) in [4.78, 5) is 11.3. The highest BCUT2D eigenvalue weighted by atomic mass is 19.3. The van der Waals surface area contributed by atoms with Gasteiger partial charge in [0.25, 0.3) is 6.43 Å². The molecule has 2 aromatic carbocycles. The van der Waals surface area contributed by atoms with Crippen LogP contribution in [0, 0.1) is 12.7 Å². The van der Waals surface area contributed by atoms with E-state index in [0.29, 0.717) is 5.56 Å². The quantitative estimate of drug-likeness (QED) is 0.849. The normalized spacial score (nSPS) is 10.6. The van der Waals surface area contributed by atoms with Crippen LogP contribution >= 0.6 is 0 Å². The molecule has 0 saturated heterocycles. The second-order valence-corrected chi connectivity index (χ2v) is 5.01. The molecule has 0 saturated carbocycles. The van der Waals surface area contributed by atoms with E-state index in [0.717, 1.165) is 0 Å². The molecule has 0 aliphatic carbocycles. The van der Waals surface area contributed by atoms with E-state index in [4.69, 9.17) is 4.74 Å². The lowest BCUT2D eigenvalue weighted by Gasteiger charge is -2.15. The Hall–Kier alpha value is -2.70. The third-order valence-electron chi connectivity index (χ3n) is 3.31. The molecule has 0 aliphatic heterocycles. The molecular formula is C17H16F3NO3.